The molecule has 2 atom stereocenters. The molecule has 2 heterocycles. The number of nitrogens with zero attached hydrogens (tertiary/aromatic N) is 3. The van der Waals surface area contributed by atoms with Crippen LogP contribution in [0.15, 0.2) is 48.8 Å². The van der Waals surface area contributed by atoms with Crippen molar-refractivity contribution in [2.24, 2.45) is 17.6 Å². The third-order valence-electron chi connectivity index (χ3n) is 5.22. The van der Waals surface area contributed by atoms with Gasteiger partial charge in [-0.1, -0.05) is 24.3 Å². The van der Waals surface area contributed by atoms with Crippen LogP contribution < -0.4 is 5.73 Å². The van der Waals surface area contributed by atoms with Gasteiger partial charge in [0, 0.05) is 24.2 Å². The molecule has 1 aromatic heterocycles. The topological polar surface area (TPSA) is 89.2 Å². The first-order valence-electron chi connectivity index (χ1n) is 8.78. The standard InChI is InChI=1S/C20H20N4O2/c21-19(25)18-10-22-9-17(23-18)13-5-7-14(8-6-13)20(26)24-11-15-3-1-2-4-16(15)12-24/h1-2,5-10,15-16H,3-4,11-12H2,(H2,21,25)/t15-,16+. The Kier molecular flexibility index (Phi) is 4.24. The van der Waals surface area contributed by atoms with Gasteiger partial charge in [0.15, 0.2) is 0 Å². The van der Waals surface area contributed by atoms with Crippen LogP contribution in [0.25, 0.3) is 11.3 Å². The summed E-state index contributed by atoms with van der Waals surface area (Å²) >= 11 is 0. The number of amides is 2. The van der Waals surface area contributed by atoms with Crippen LogP contribution in [-0.4, -0.2) is 39.8 Å². The van der Waals surface area contributed by atoms with Crippen molar-refractivity contribution in [1.29, 1.82) is 0 Å². The van der Waals surface area contributed by atoms with E-state index in [1.54, 1.807) is 18.3 Å². The average molecular weight is 348 g/mol. The maximum atomic E-state index is 12.8. The van der Waals surface area contributed by atoms with Gasteiger partial charge in [-0.15, -0.1) is 0 Å². The van der Waals surface area contributed by atoms with Crippen LogP contribution in [0.4, 0.5) is 0 Å². The van der Waals surface area contributed by atoms with E-state index in [0.29, 0.717) is 23.1 Å². The largest absolute Gasteiger partial charge is 0.364 e. The van der Waals surface area contributed by atoms with E-state index in [1.807, 2.05) is 17.0 Å². The number of carbonyl (C=O) groups is 2. The molecule has 2 aromatic rings. The molecule has 1 saturated heterocycles. The Labute approximate surface area is 151 Å². The number of nitrogens with two attached hydrogens (primary N) is 1. The highest BCUT2D eigenvalue weighted by molar-refractivity contribution is 5.95. The van der Waals surface area contributed by atoms with Crippen LogP contribution in [0.3, 0.4) is 0 Å². The molecule has 1 aliphatic heterocycles. The fourth-order valence-corrected chi connectivity index (χ4v) is 3.77. The lowest BCUT2D eigenvalue weighted by atomic mass is 9.86. The minimum absolute atomic E-state index is 0.0721. The molecule has 132 valence electrons. The first-order valence-corrected chi connectivity index (χ1v) is 8.78. The van der Waals surface area contributed by atoms with Crippen LogP contribution in [0, 0.1) is 11.8 Å². The van der Waals surface area contributed by atoms with E-state index in [4.69, 9.17) is 5.73 Å². The van der Waals surface area contributed by atoms with E-state index >= 15 is 0 Å². The van der Waals surface area contributed by atoms with Crippen LogP contribution >= 0.6 is 0 Å². The third kappa shape index (κ3) is 3.10. The Hall–Kier alpha value is -3.02. The highest BCUT2D eigenvalue weighted by Crippen LogP contribution is 2.33. The molecule has 26 heavy (non-hydrogen) atoms. The minimum Gasteiger partial charge on any atom is -0.364 e. The van der Waals surface area contributed by atoms with Crippen molar-refractivity contribution in [2.45, 2.75) is 12.8 Å². The van der Waals surface area contributed by atoms with Crippen molar-refractivity contribution in [2.75, 3.05) is 13.1 Å². The van der Waals surface area contributed by atoms with Gasteiger partial charge in [-0.2, -0.15) is 0 Å². The van der Waals surface area contributed by atoms with E-state index in [-0.39, 0.29) is 11.6 Å². The van der Waals surface area contributed by atoms with E-state index < -0.39 is 5.91 Å². The number of allylic oxidation sites excluding steroid dienone is 2. The van der Waals surface area contributed by atoms with Gasteiger partial charge >= 0.3 is 0 Å². The summed E-state index contributed by atoms with van der Waals surface area (Å²) in [5.41, 5.74) is 7.38. The minimum atomic E-state index is -0.615. The van der Waals surface area contributed by atoms with Crippen molar-refractivity contribution in [3.8, 4) is 11.3 Å². The molecule has 0 saturated carbocycles. The predicted molar refractivity (Wildman–Crippen MR) is 97.2 cm³/mol. The number of fused-ring (bicyclic) bond motifs is 1. The molecule has 4 rings (SSSR count). The highest BCUT2D eigenvalue weighted by Gasteiger charge is 2.35. The zero-order valence-electron chi connectivity index (χ0n) is 14.3. The van der Waals surface area contributed by atoms with Gasteiger partial charge in [0.1, 0.15) is 5.69 Å². The van der Waals surface area contributed by atoms with E-state index in [1.165, 1.54) is 6.20 Å². The molecule has 1 aromatic carbocycles. The molecule has 1 fully saturated rings. The fraction of sp³-hybridized carbons (Fsp3) is 0.300. The zero-order valence-corrected chi connectivity index (χ0v) is 14.3. The second-order valence-corrected chi connectivity index (χ2v) is 6.90. The SMILES string of the molecule is NC(=O)c1cncc(-c2ccc(C(=O)N3C[C@H]4CC=CC[C@H]4C3)cc2)n1. The quantitative estimate of drug-likeness (QED) is 0.862. The van der Waals surface area contributed by atoms with Gasteiger partial charge in [-0.05, 0) is 36.8 Å². The third-order valence-corrected chi connectivity index (χ3v) is 5.22. The number of carbonyl (C=O) groups excluding carboxylic acids is 2. The monoisotopic (exact) mass is 348 g/mol. The summed E-state index contributed by atoms with van der Waals surface area (Å²) in [5.74, 6) is 0.643. The molecular weight excluding hydrogens is 328 g/mol. The Morgan fingerprint density at radius 3 is 2.27 bits per heavy atom. The Bertz CT molecular complexity index is 860. The molecule has 2 amide bonds. The second-order valence-electron chi connectivity index (χ2n) is 6.90. The highest BCUT2D eigenvalue weighted by atomic mass is 16.2. The summed E-state index contributed by atoms with van der Waals surface area (Å²) in [5, 5.41) is 0. The number of hydrogen-bond acceptors (Lipinski definition) is 4. The van der Waals surface area contributed by atoms with Crippen LogP contribution in [0.5, 0.6) is 0 Å². The summed E-state index contributed by atoms with van der Waals surface area (Å²) in [6.07, 6.45) is 9.51. The Balaban J connectivity index is 1.50. The van der Waals surface area contributed by atoms with Crippen molar-refractivity contribution < 1.29 is 9.59 Å². The van der Waals surface area contributed by atoms with Crippen LogP contribution in [0.2, 0.25) is 0 Å². The number of aromatic nitrogens is 2. The van der Waals surface area contributed by atoms with E-state index in [9.17, 15) is 9.59 Å². The summed E-state index contributed by atoms with van der Waals surface area (Å²) in [6, 6.07) is 7.26. The van der Waals surface area contributed by atoms with Gasteiger partial charge < -0.3 is 10.6 Å². The molecule has 2 N–H and O–H groups in total. The number of hydrogen-bond donors (Lipinski definition) is 1. The Morgan fingerprint density at radius 1 is 1.00 bits per heavy atom. The maximum absolute atomic E-state index is 12.8. The van der Waals surface area contributed by atoms with Gasteiger partial charge in [-0.25, -0.2) is 4.98 Å². The van der Waals surface area contributed by atoms with Gasteiger partial charge in [-0.3, -0.25) is 14.6 Å². The molecule has 6 heteroatoms. The molecule has 0 bridgehead atoms. The molecule has 2 aliphatic rings. The summed E-state index contributed by atoms with van der Waals surface area (Å²) < 4.78 is 0. The Morgan fingerprint density at radius 2 is 1.65 bits per heavy atom. The number of primary amides is 1. The van der Waals surface area contributed by atoms with E-state index in [0.717, 1.165) is 31.5 Å². The lowest BCUT2D eigenvalue weighted by Gasteiger charge is -2.17. The molecular formula is C20H20N4O2. The van der Waals surface area contributed by atoms with Crippen molar-refractivity contribution in [3.63, 3.8) is 0 Å². The predicted octanol–water partition coefficient (Wildman–Crippen LogP) is 2.28. The van der Waals surface area contributed by atoms with Crippen molar-refractivity contribution in [1.82, 2.24) is 14.9 Å². The molecule has 0 radical (unpaired) electrons. The molecule has 6 nitrogen and oxygen atoms in total. The smallest absolute Gasteiger partial charge is 0.268 e. The van der Waals surface area contributed by atoms with Gasteiger partial charge in [0.2, 0.25) is 0 Å². The summed E-state index contributed by atoms with van der Waals surface area (Å²) in [4.78, 5) is 34.2. The summed E-state index contributed by atoms with van der Waals surface area (Å²) in [6.45, 7) is 1.67. The first-order chi connectivity index (χ1) is 12.6. The normalized spacial score (nSPS) is 21.5. The van der Waals surface area contributed by atoms with Gasteiger partial charge in [0.05, 0.1) is 18.1 Å². The average Bonchev–Trinajstić information content (AvgIpc) is 3.12. The number of rotatable bonds is 3. The first kappa shape index (κ1) is 16.4. The second kappa shape index (κ2) is 6.71. The van der Waals surface area contributed by atoms with Crippen LogP contribution in [-0.2, 0) is 0 Å². The lowest BCUT2D eigenvalue weighted by molar-refractivity contribution is 0.0784. The fourth-order valence-electron chi connectivity index (χ4n) is 3.77. The summed E-state index contributed by atoms with van der Waals surface area (Å²) in [7, 11) is 0. The molecule has 1 aliphatic carbocycles. The molecule has 0 unspecified atom stereocenters. The zero-order chi connectivity index (χ0) is 18.1. The number of benzene rings is 1. The lowest BCUT2D eigenvalue weighted by Crippen LogP contribution is -2.28. The molecule has 0 spiro atoms. The van der Waals surface area contributed by atoms with Crippen molar-refractivity contribution in [3.05, 3.63) is 60.1 Å². The van der Waals surface area contributed by atoms with Crippen molar-refractivity contribution >= 4 is 11.8 Å². The van der Waals surface area contributed by atoms with Crippen LogP contribution in [0.1, 0.15) is 33.7 Å². The number of likely N-dealkylation sites (tertiary alicyclic amines) is 1. The van der Waals surface area contributed by atoms with Gasteiger partial charge in [0.25, 0.3) is 11.8 Å². The maximum Gasteiger partial charge on any atom is 0.268 e. The van der Waals surface area contributed by atoms with E-state index in [2.05, 4.69) is 22.1 Å².